The van der Waals surface area contributed by atoms with E-state index in [-0.39, 0.29) is 11.9 Å². The van der Waals surface area contributed by atoms with Crippen LogP contribution in [-0.4, -0.2) is 33.2 Å². The van der Waals surface area contributed by atoms with E-state index in [9.17, 15) is 4.79 Å². The largest absolute Gasteiger partial charge is 0.496 e. The lowest BCUT2D eigenvalue weighted by Gasteiger charge is -2.29. The van der Waals surface area contributed by atoms with Gasteiger partial charge in [0, 0.05) is 10.8 Å². The van der Waals surface area contributed by atoms with Crippen LogP contribution in [-0.2, 0) is 0 Å². The Morgan fingerprint density at radius 1 is 1.07 bits per heavy atom. The fraction of sp³-hybridized carbons (Fsp3) is 0.320. The first-order valence-electron chi connectivity index (χ1n) is 9.97. The molecule has 3 aromatic carbocycles. The summed E-state index contributed by atoms with van der Waals surface area (Å²) in [4.78, 5) is 13.1. The second-order valence-electron chi connectivity index (χ2n) is 7.54. The molecular formula is C25H26O5. The van der Waals surface area contributed by atoms with Crippen molar-refractivity contribution in [2.75, 3.05) is 21.3 Å². The summed E-state index contributed by atoms with van der Waals surface area (Å²) in [6.45, 7) is 5.87. The van der Waals surface area contributed by atoms with Gasteiger partial charge < -0.3 is 18.9 Å². The van der Waals surface area contributed by atoms with E-state index in [0.29, 0.717) is 35.0 Å². The first-order valence-corrected chi connectivity index (χ1v) is 9.97. The molecule has 0 amide bonds. The highest BCUT2D eigenvalue weighted by molar-refractivity contribution is 6.18. The van der Waals surface area contributed by atoms with Crippen LogP contribution in [0.15, 0.2) is 35.9 Å². The van der Waals surface area contributed by atoms with E-state index in [4.69, 9.17) is 18.9 Å². The lowest BCUT2D eigenvalue weighted by molar-refractivity contribution is 0.0886. The average Bonchev–Trinajstić information content (AvgIpc) is 2.76. The molecule has 1 aliphatic heterocycles. The van der Waals surface area contributed by atoms with Gasteiger partial charge >= 0.3 is 0 Å². The van der Waals surface area contributed by atoms with Crippen molar-refractivity contribution in [3.05, 3.63) is 47.0 Å². The summed E-state index contributed by atoms with van der Waals surface area (Å²) in [7, 11) is 4.90. The molecule has 0 saturated heterocycles. The number of aryl methyl sites for hydroxylation is 1. The lowest BCUT2D eigenvalue weighted by Crippen LogP contribution is -2.28. The maximum Gasteiger partial charge on any atom is 0.170 e. The summed E-state index contributed by atoms with van der Waals surface area (Å²) < 4.78 is 23.8. The number of allylic oxidation sites excluding steroid dienone is 1. The molecule has 0 aliphatic carbocycles. The third-order valence-corrected chi connectivity index (χ3v) is 5.95. The number of carbonyl (C=O) groups is 1. The molecule has 0 N–H and O–H groups in total. The van der Waals surface area contributed by atoms with Gasteiger partial charge in [0.1, 0.15) is 29.1 Å². The van der Waals surface area contributed by atoms with Crippen LogP contribution < -0.4 is 18.9 Å². The number of Topliss-reactive ketones (excluding diaryl/α,β-unsaturated/α-hetero) is 1. The second-order valence-corrected chi connectivity index (χ2v) is 7.54. The van der Waals surface area contributed by atoms with Crippen LogP contribution in [0.3, 0.4) is 0 Å². The monoisotopic (exact) mass is 406 g/mol. The maximum atomic E-state index is 13.1. The summed E-state index contributed by atoms with van der Waals surface area (Å²) in [6, 6.07) is 7.77. The fourth-order valence-corrected chi connectivity index (χ4v) is 4.37. The Hall–Kier alpha value is -3.21. The molecule has 0 bridgehead atoms. The van der Waals surface area contributed by atoms with Crippen molar-refractivity contribution in [2.24, 2.45) is 0 Å². The summed E-state index contributed by atoms with van der Waals surface area (Å²) >= 11 is 0. The number of hydrogen-bond donors (Lipinski definition) is 0. The SMILES string of the molecule is C/C=C(\C)C1CC(=O)c2c(C)cc3c(OC)c4cccc(OC)c4c(OC)c3c2O1. The minimum absolute atomic E-state index is 0.0722. The maximum absolute atomic E-state index is 13.1. The van der Waals surface area contributed by atoms with Gasteiger partial charge in [0.05, 0.1) is 44.1 Å². The van der Waals surface area contributed by atoms with Gasteiger partial charge in [0.25, 0.3) is 0 Å². The minimum atomic E-state index is -0.302. The highest BCUT2D eigenvalue weighted by atomic mass is 16.5. The van der Waals surface area contributed by atoms with Crippen molar-refractivity contribution in [1.82, 2.24) is 0 Å². The van der Waals surface area contributed by atoms with Crippen LogP contribution in [0.5, 0.6) is 23.0 Å². The average molecular weight is 406 g/mol. The molecule has 3 aromatic rings. The number of ketones is 1. The molecular weight excluding hydrogens is 380 g/mol. The van der Waals surface area contributed by atoms with Gasteiger partial charge in [-0.1, -0.05) is 18.2 Å². The van der Waals surface area contributed by atoms with Crippen molar-refractivity contribution >= 4 is 27.3 Å². The molecule has 156 valence electrons. The van der Waals surface area contributed by atoms with Crippen molar-refractivity contribution in [3.8, 4) is 23.0 Å². The molecule has 5 heteroatoms. The molecule has 0 saturated carbocycles. The number of carbonyl (C=O) groups excluding carboxylic acids is 1. The van der Waals surface area contributed by atoms with Crippen LogP contribution >= 0.6 is 0 Å². The van der Waals surface area contributed by atoms with Crippen LogP contribution in [0.25, 0.3) is 21.5 Å². The number of benzene rings is 3. The van der Waals surface area contributed by atoms with E-state index in [0.717, 1.165) is 32.7 Å². The molecule has 0 radical (unpaired) electrons. The third-order valence-electron chi connectivity index (χ3n) is 5.95. The number of methoxy groups -OCH3 is 3. The van der Waals surface area contributed by atoms with Crippen molar-refractivity contribution in [1.29, 1.82) is 0 Å². The number of fused-ring (bicyclic) bond motifs is 4. The van der Waals surface area contributed by atoms with Crippen molar-refractivity contribution in [2.45, 2.75) is 33.3 Å². The zero-order valence-electron chi connectivity index (χ0n) is 18.2. The van der Waals surface area contributed by atoms with Gasteiger partial charge in [-0.2, -0.15) is 0 Å². The van der Waals surface area contributed by atoms with Gasteiger partial charge in [-0.25, -0.2) is 0 Å². The number of rotatable bonds is 4. The Bertz CT molecular complexity index is 1210. The second kappa shape index (κ2) is 7.56. The van der Waals surface area contributed by atoms with Crippen LogP contribution in [0.1, 0.15) is 36.2 Å². The summed E-state index contributed by atoms with van der Waals surface area (Å²) in [5.74, 6) is 2.60. The summed E-state index contributed by atoms with van der Waals surface area (Å²) in [5.41, 5.74) is 2.49. The van der Waals surface area contributed by atoms with E-state index in [2.05, 4.69) is 0 Å². The Balaban J connectivity index is 2.22. The smallest absolute Gasteiger partial charge is 0.170 e. The van der Waals surface area contributed by atoms with Gasteiger partial charge in [0.15, 0.2) is 5.78 Å². The first kappa shape index (κ1) is 20.1. The normalized spacial score (nSPS) is 16.4. The molecule has 0 aromatic heterocycles. The van der Waals surface area contributed by atoms with Crippen LogP contribution in [0.2, 0.25) is 0 Å². The lowest BCUT2D eigenvalue weighted by atomic mass is 9.89. The van der Waals surface area contributed by atoms with E-state index < -0.39 is 0 Å². The Morgan fingerprint density at radius 3 is 2.43 bits per heavy atom. The highest BCUT2D eigenvalue weighted by Crippen LogP contribution is 2.52. The molecule has 1 unspecified atom stereocenters. The molecule has 4 rings (SSSR count). The molecule has 0 fully saturated rings. The third kappa shape index (κ3) is 2.80. The molecule has 1 aliphatic rings. The van der Waals surface area contributed by atoms with Crippen molar-refractivity contribution in [3.63, 3.8) is 0 Å². The molecule has 1 atom stereocenters. The predicted molar refractivity (Wildman–Crippen MR) is 119 cm³/mol. The molecule has 5 nitrogen and oxygen atoms in total. The van der Waals surface area contributed by atoms with Crippen LogP contribution in [0, 0.1) is 6.92 Å². The minimum Gasteiger partial charge on any atom is -0.496 e. The predicted octanol–water partition coefficient (Wildman–Crippen LogP) is 5.63. The van der Waals surface area contributed by atoms with E-state index in [1.54, 1.807) is 21.3 Å². The van der Waals surface area contributed by atoms with E-state index >= 15 is 0 Å². The topological polar surface area (TPSA) is 54.0 Å². The summed E-state index contributed by atoms with van der Waals surface area (Å²) in [5, 5.41) is 3.24. The molecule has 1 heterocycles. The van der Waals surface area contributed by atoms with Gasteiger partial charge in [-0.15, -0.1) is 0 Å². The molecule has 30 heavy (non-hydrogen) atoms. The summed E-state index contributed by atoms with van der Waals surface area (Å²) in [6.07, 6.45) is 2.01. The van der Waals surface area contributed by atoms with E-state index in [1.165, 1.54) is 0 Å². The first-order chi connectivity index (χ1) is 14.5. The fourth-order valence-electron chi connectivity index (χ4n) is 4.37. The quantitative estimate of drug-likeness (QED) is 0.415. The number of ether oxygens (including phenoxy) is 4. The van der Waals surface area contributed by atoms with Gasteiger partial charge in [0.2, 0.25) is 0 Å². The Labute approximate surface area is 176 Å². The van der Waals surface area contributed by atoms with Crippen molar-refractivity contribution < 1.29 is 23.7 Å². The zero-order valence-corrected chi connectivity index (χ0v) is 18.2. The van der Waals surface area contributed by atoms with Crippen LogP contribution in [0.4, 0.5) is 0 Å². The zero-order chi connectivity index (χ0) is 21.6. The Kier molecular flexibility index (Phi) is 5.06. The van der Waals surface area contributed by atoms with E-state index in [1.807, 2.05) is 51.1 Å². The molecule has 0 spiro atoms. The van der Waals surface area contributed by atoms with Gasteiger partial charge in [-0.3, -0.25) is 4.79 Å². The Morgan fingerprint density at radius 2 is 1.80 bits per heavy atom. The van der Waals surface area contributed by atoms with Gasteiger partial charge in [-0.05, 0) is 44.0 Å². The highest BCUT2D eigenvalue weighted by Gasteiger charge is 2.33. The standard InChI is InChI=1S/C25H26O5/c1-7-13(2)19-12-17(26)20-14(3)11-16-22(25(20)30-19)24(29-6)21-15(23(16)28-5)9-8-10-18(21)27-4/h7-11,19H,12H2,1-6H3/b13-7+. The number of hydrogen-bond acceptors (Lipinski definition) is 5.